The number of aliphatic hydroxyl groups excluding tert-OH is 1. The van der Waals surface area contributed by atoms with Crippen LogP contribution in [-0.2, 0) is 16.1 Å². The number of hydrazone groups is 1. The first-order valence-corrected chi connectivity index (χ1v) is 7.05. The van der Waals surface area contributed by atoms with Gasteiger partial charge in [-0.2, -0.15) is 5.10 Å². The quantitative estimate of drug-likeness (QED) is 0.474. The van der Waals surface area contributed by atoms with Crippen molar-refractivity contribution in [2.24, 2.45) is 15.9 Å². The minimum Gasteiger partial charge on any atom is -0.392 e. The van der Waals surface area contributed by atoms with Gasteiger partial charge in [0.05, 0.1) is 25.1 Å². The summed E-state index contributed by atoms with van der Waals surface area (Å²) in [4.78, 5) is 4.28. The van der Waals surface area contributed by atoms with E-state index >= 15 is 0 Å². The normalized spacial score (nSPS) is 20.0. The van der Waals surface area contributed by atoms with Gasteiger partial charge in [0, 0.05) is 6.61 Å². The molecule has 0 saturated carbocycles. The van der Waals surface area contributed by atoms with E-state index in [-0.39, 0.29) is 19.5 Å². The van der Waals surface area contributed by atoms with Crippen LogP contribution in [0.3, 0.4) is 0 Å². The van der Waals surface area contributed by atoms with E-state index in [0.29, 0.717) is 5.71 Å². The Hall–Kier alpha value is -1.76. The molecule has 1 aliphatic heterocycles. The molecule has 1 aromatic carbocycles. The second-order valence-corrected chi connectivity index (χ2v) is 4.81. The van der Waals surface area contributed by atoms with Crippen molar-refractivity contribution >= 4 is 17.6 Å². The number of ether oxygens (including phenoxy) is 2. The van der Waals surface area contributed by atoms with Crippen LogP contribution in [-0.4, -0.2) is 36.5 Å². The molecule has 1 fully saturated rings. The Morgan fingerprint density at radius 1 is 1.38 bits per heavy atom. The summed E-state index contributed by atoms with van der Waals surface area (Å²) in [5, 5.41) is 12.6. The van der Waals surface area contributed by atoms with Crippen molar-refractivity contribution in [1.29, 1.82) is 0 Å². The van der Waals surface area contributed by atoms with Crippen LogP contribution in [0.25, 0.3) is 0 Å². The summed E-state index contributed by atoms with van der Waals surface area (Å²) in [6.45, 7) is 1.04. The van der Waals surface area contributed by atoms with Crippen molar-refractivity contribution in [3.8, 4) is 0 Å². The molecule has 0 aliphatic carbocycles. The minimum absolute atomic E-state index is 0.0226. The predicted octanol–water partition coefficient (Wildman–Crippen LogP) is 1.74. The van der Waals surface area contributed by atoms with Crippen LogP contribution in [0.4, 0.5) is 5.69 Å². The first-order chi connectivity index (χ1) is 10.3. The molecule has 1 unspecified atom stereocenters. The van der Waals surface area contributed by atoms with Crippen LogP contribution in [0.15, 0.2) is 34.4 Å². The molecule has 1 aromatic rings. The zero-order valence-corrected chi connectivity index (χ0v) is 11.9. The maximum atomic E-state index is 8.98. The maximum absolute atomic E-state index is 8.98. The molecular formula is C15H21N3O3. The zero-order valence-electron chi connectivity index (χ0n) is 11.9. The van der Waals surface area contributed by atoms with Crippen LogP contribution in [0, 0.1) is 0 Å². The van der Waals surface area contributed by atoms with Gasteiger partial charge in [0.2, 0.25) is 0 Å². The molecule has 114 valence electrons. The second-order valence-electron chi connectivity index (χ2n) is 4.81. The number of rotatable bonds is 6. The summed E-state index contributed by atoms with van der Waals surface area (Å²) in [5.41, 5.74) is 2.16. The molecule has 0 radical (unpaired) electrons. The average molecular weight is 291 g/mol. The highest BCUT2D eigenvalue weighted by Gasteiger charge is 2.14. The van der Waals surface area contributed by atoms with Gasteiger partial charge in [-0.05, 0) is 37.0 Å². The minimum atomic E-state index is -0.173. The summed E-state index contributed by atoms with van der Waals surface area (Å²) in [5.74, 6) is 5.34. The Kier molecular flexibility index (Phi) is 6.33. The van der Waals surface area contributed by atoms with E-state index in [0.717, 1.165) is 37.1 Å². The third-order valence-corrected chi connectivity index (χ3v) is 3.20. The summed E-state index contributed by atoms with van der Waals surface area (Å²) in [6.07, 6.45) is 4.51. The Morgan fingerprint density at radius 2 is 2.19 bits per heavy atom. The van der Waals surface area contributed by atoms with Crippen LogP contribution in [0.2, 0.25) is 0 Å². The topological polar surface area (TPSA) is 89.4 Å². The number of hydrogen-bond acceptors (Lipinski definition) is 6. The van der Waals surface area contributed by atoms with Crippen LogP contribution >= 0.6 is 0 Å². The molecule has 0 bridgehead atoms. The highest BCUT2D eigenvalue weighted by molar-refractivity contribution is 6.31. The van der Waals surface area contributed by atoms with Crippen LogP contribution in [0.5, 0.6) is 0 Å². The van der Waals surface area contributed by atoms with E-state index in [1.165, 1.54) is 0 Å². The second kappa shape index (κ2) is 8.51. The third-order valence-electron chi connectivity index (χ3n) is 3.20. The van der Waals surface area contributed by atoms with E-state index in [9.17, 15) is 0 Å². The maximum Gasteiger partial charge on any atom is 0.158 e. The molecule has 1 heterocycles. The van der Waals surface area contributed by atoms with E-state index in [4.69, 9.17) is 20.4 Å². The van der Waals surface area contributed by atoms with Gasteiger partial charge in [0.25, 0.3) is 0 Å². The molecule has 1 saturated heterocycles. The fourth-order valence-corrected chi connectivity index (χ4v) is 1.97. The molecule has 21 heavy (non-hydrogen) atoms. The molecule has 6 nitrogen and oxygen atoms in total. The van der Waals surface area contributed by atoms with Crippen molar-refractivity contribution in [1.82, 2.24) is 0 Å². The van der Waals surface area contributed by atoms with Gasteiger partial charge in [-0.25, -0.2) is 0 Å². The number of hydrogen-bond donors (Lipinski definition) is 2. The van der Waals surface area contributed by atoms with Gasteiger partial charge < -0.3 is 20.4 Å². The first-order valence-electron chi connectivity index (χ1n) is 7.05. The summed E-state index contributed by atoms with van der Waals surface area (Å²) in [6, 6.07) is 7.28. The lowest BCUT2D eigenvalue weighted by Crippen LogP contribution is -2.26. The molecule has 6 heteroatoms. The highest BCUT2D eigenvalue weighted by Crippen LogP contribution is 2.14. The summed E-state index contributed by atoms with van der Waals surface area (Å²) >= 11 is 0. The molecule has 0 amide bonds. The van der Waals surface area contributed by atoms with Gasteiger partial charge >= 0.3 is 0 Å². The highest BCUT2D eigenvalue weighted by atomic mass is 16.7. The Balaban J connectivity index is 1.84. The van der Waals surface area contributed by atoms with Crippen molar-refractivity contribution < 1.29 is 14.6 Å². The molecule has 1 aliphatic rings. The molecule has 3 N–H and O–H groups in total. The van der Waals surface area contributed by atoms with Gasteiger partial charge in [0.1, 0.15) is 5.71 Å². The Bertz CT molecular complexity index is 479. The zero-order chi connectivity index (χ0) is 14.9. The Labute approximate surface area is 124 Å². The Morgan fingerprint density at radius 3 is 2.81 bits per heavy atom. The lowest BCUT2D eigenvalue weighted by Gasteiger charge is -2.22. The summed E-state index contributed by atoms with van der Waals surface area (Å²) < 4.78 is 11.1. The van der Waals surface area contributed by atoms with E-state index < -0.39 is 0 Å². The molecular weight excluding hydrogens is 270 g/mol. The predicted molar refractivity (Wildman–Crippen MR) is 81.7 cm³/mol. The monoisotopic (exact) mass is 291 g/mol. The smallest absolute Gasteiger partial charge is 0.158 e. The van der Waals surface area contributed by atoms with E-state index in [2.05, 4.69) is 10.1 Å². The van der Waals surface area contributed by atoms with E-state index in [1.807, 2.05) is 24.3 Å². The number of nitrogens with zero attached hydrogens (tertiary/aromatic N) is 2. The van der Waals surface area contributed by atoms with Gasteiger partial charge in [-0.1, -0.05) is 12.1 Å². The SMILES string of the molecule is NN=C(C=Nc1ccc(CO)cc1)COC1CCCCO1. The summed E-state index contributed by atoms with van der Waals surface area (Å²) in [7, 11) is 0. The van der Waals surface area contributed by atoms with Gasteiger partial charge in [0.15, 0.2) is 6.29 Å². The fraction of sp³-hybridized carbons (Fsp3) is 0.467. The van der Waals surface area contributed by atoms with Crippen molar-refractivity contribution in [2.75, 3.05) is 13.2 Å². The van der Waals surface area contributed by atoms with Gasteiger partial charge in [-0.3, -0.25) is 4.99 Å². The molecule has 1 atom stereocenters. The average Bonchev–Trinajstić information content (AvgIpc) is 2.56. The van der Waals surface area contributed by atoms with E-state index in [1.54, 1.807) is 6.21 Å². The molecule has 2 rings (SSSR count). The number of nitrogens with two attached hydrogens (primary N) is 1. The van der Waals surface area contributed by atoms with Crippen molar-refractivity contribution in [3.63, 3.8) is 0 Å². The fourth-order valence-electron chi connectivity index (χ4n) is 1.97. The lowest BCUT2D eigenvalue weighted by atomic mass is 10.2. The van der Waals surface area contributed by atoms with Crippen LogP contribution < -0.4 is 5.84 Å². The number of benzene rings is 1. The largest absolute Gasteiger partial charge is 0.392 e. The lowest BCUT2D eigenvalue weighted by molar-refractivity contribution is -0.152. The van der Waals surface area contributed by atoms with Crippen molar-refractivity contribution in [2.45, 2.75) is 32.2 Å². The number of aliphatic hydroxyl groups is 1. The molecule has 0 aromatic heterocycles. The number of aliphatic imine (C=N–C) groups is 1. The first kappa shape index (κ1) is 15.6. The van der Waals surface area contributed by atoms with Crippen molar-refractivity contribution in [3.05, 3.63) is 29.8 Å². The molecule has 0 spiro atoms. The standard InChI is InChI=1S/C15H21N3O3/c16-18-14(11-21-15-3-1-2-8-20-15)9-17-13-6-4-12(10-19)5-7-13/h4-7,9,15,19H,1-3,8,10-11,16H2. The van der Waals surface area contributed by atoms with Gasteiger partial charge in [-0.15, -0.1) is 0 Å². The third kappa shape index (κ3) is 5.26. The van der Waals surface area contributed by atoms with Crippen LogP contribution in [0.1, 0.15) is 24.8 Å².